The molecule has 1 aliphatic carbocycles. The normalized spacial score (nSPS) is 20.5. The predicted octanol–water partition coefficient (Wildman–Crippen LogP) is 11.5. The van der Waals surface area contributed by atoms with Gasteiger partial charge in [-0.2, -0.15) is 0 Å². The first-order valence-electron chi connectivity index (χ1n) is 24.1. The lowest BCUT2D eigenvalue weighted by molar-refractivity contribution is 0.660. The van der Waals surface area contributed by atoms with E-state index in [0.29, 0.717) is 5.56 Å². The molecule has 0 fully saturated rings. The van der Waals surface area contributed by atoms with Crippen LogP contribution in [-0.2, 0) is 11.8 Å². The molecule has 2 nitrogen and oxygen atoms in total. The summed E-state index contributed by atoms with van der Waals surface area (Å²) >= 11 is 0. The van der Waals surface area contributed by atoms with E-state index >= 15 is 0 Å². The standard InChI is InChI=1S/C44H34N2/c1-4-41-45-38-22-12-14-24-40(38)46(41)39-23-13-10-20-35(39)43-33-18-7-5-16-31(33)42(32-17-6-8-19-34(32)43)28-25-26-30-29-15-9-11-21-36(29)44(2,3)37(30)27-28/h5-27H,4H2,1-3H3/i1D3,2D3,3D3,4D2,5D,6D,7D,8D,16D,17D,18D,19D. The second kappa shape index (κ2) is 10.0. The first kappa shape index (κ1) is 13.9. The van der Waals surface area contributed by atoms with Crippen LogP contribution >= 0.6 is 0 Å². The van der Waals surface area contributed by atoms with E-state index in [0.717, 1.165) is 0 Å². The van der Waals surface area contributed by atoms with Crippen LogP contribution in [0, 0.1) is 0 Å². The highest BCUT2D eigenvalue weighted by atomic mass is 15.1. The van der Waals surface area contributed by atoms with E-state index in [9.17, 15) is 5.48 Å². The molecular formula is C44H34N2. The molecule has 9 rings (SSSR count). The summed E-state index contributed by atoms with van der Waals surface area (Å²) in [6.07, 6.45) is -3.08. The van der Waals surface area contributed by atoms with Gasteiger partial charge in [-0.05, 0) is 84.8 Å². The largest absolute Gasteiger partial charge is 0.296 e. The Morgan fingerprint density at radius 2 is 1.30 bits per heavy atom. The predicted molar refractivity (Wildman–Crippen MR) is 194 cm³/mol. The van der Waals surface area contributed by atoms with E-state index in [-0.39, 0.29) is 77.2 Å². The fraction of sp³-hybridized carbons (Fsp3) is 0.114. The number of aromatic nitrogens is 2. The maximum atomic E-state index is 9.52. The summed E-state index contributed by atoms with van der Waals surface area (Å²) in [5.74, 6) is -0.536. The second-order valence-corrected chi connectivity index (χ2v) is 11.2. The van der Waals surface area contributed by atoms with Gasteiger partial charge >= 0.3 is 0 Å². The summed E-state index contributed by atoms with van der Waals surface area (Å²) in [6, 6.07) is 17.7. The average molecular weight is 610 g/mol. The average Bonchev–Trinajstić information content (AvgIpc) is 3.79. The Morgan fingerprint density at radius 1 is 0.674 bits per heavy atom. The number of hydrogen-bond donors (Lipinski definition) is 0. The number of rotatable bonds is 4. The van der Waals surface area contributed by atoms with E-state index in [1.165, 1.54) is 47.0 Å². The van der Waals surface area contributed by atoms with Crippen LogP contribution < -0.4 is 0 Å². The summed E-state index contributed by atoms with van der Waals surface area (Å²) in [4.78, 5) is 4.45. The zero-order valence-corrected chi connectivity index (χ0v) is 24.1. The van der Waals surface area contributed by atoms with Crippen molar-refractivity contribution in [1.29, 1.82) is 0 Å². The minimum atomic E-state index is -3.24. The first-order chi connectivity index (χ1) is 30.3. The lowest BCUT2D eigenvalue weighted by Crippen LogP contribution is -2.14. The molecule has 7 aromatic carbocycles. The number of hydrogen-bond acceptors (Lipinski definition) is 1. The SMILES string of the molecule is [2H]c1c([2H])c([2H])c2c(-c3ccccc3-n3c(C([2H])([2H])C([2H])([2H])[2H])nc4ccccc43)c3c([2H])c([2H])c([2H])c([2H])c3c(-c3ccc4c(c3)C(C([2H])([2H])[2H])(C([2H])([2H])[2H])c3ccccc3-4)c2c1[2H]. The Labute approximate surface area is 296 Å². The topological polar surface area (TPSA) is 17.8 Å². The first-order valence-corrected chi connectivity index (χ1v) is 14.6. The third-order valence-electron chi connectivity index (χ3n) is 8.80. The van der Waals surface area contributed by atoms with E-state index in [1.807, 2.05) is 0 Å². The van der Waals surface area contributed by atoms with Crippen LogP contribution in [0.2, 0.25) is 0 Å². The molecule has 1 heterocycles. The highest BCUT2D eigenvalue weighted by Gasteiger charge is 2.35. The number of aryl methyl sites for hydroxylation is 1. The van der Waals surface area contributed by atoms with Crippen molar-refractivity contribution in [3.05, 3.63) is 156 Å². The van der Waals surface area contributed by atoms with Gasteiger partial charge in [0.15, 0.2) is 0 Å². The zero-order valence-electron chi connectivity index (χ0n) is 43.1. The van der Waals surface area contributed by atoms with Gasteiger partial charge in [-0.15, -0.1) is 0 Å². The molecule has 220 valence electrons. The lowest BCUT2D eigenvalue weighted by Gasteiger charge is -2.23. The summed E-state index contributed by atoms with van der Waals surface area (Å²) in [5, 5.41) is -1.00. The van der Waals surface area contributed by atoms with Gasteiger partial charge in [0, 0.05) is 32.4 Å². The third kappa shape index (κ3) is 3.74. The van der Waals surface area contributed by atoms with Crippen molar-refractivity contribution in [3.63, 3.8) is 0 Å². The molecule has 1 aromatic heterocycles. The van der Waals surface area contributed by atoms with E-state index < -0.39 is 86.5 Å². The smallest absolute Gasteiger partial charge is 0.114 e. The van der Waals surface area contributed by atoms with Crippen molar-refractivity contribution in [2.75, 3.05) is 0 Å². The fourth-order valence-electron chi connectivity index (χ4n) is 6.85. The molecular weight excluding hydrogens is 556 g/mol. The van der Waals surface area contributed by atoms with E-state index in [4.69, 9.17) is 20.6 Å². The third-order valence-corrected chi connectivity index (χ3v) is 8.80. The molecule has 46 heavy (non-hydrogen) atoms. The maximum Gasteiger partial charge on any atom is 0.114 e. The molecule has 0 saturated heterocycles. The Kier molecular flexibility index (Phi) is 3.03. The van der Waals surface area contributed by atoms with Gasteiger partial charge in [0.2, 0.25) is 0 Å². The Morgan fingerprint density at radius 3 is 2.04 bits per heavy atom. The number of nitrogens with zero attached hydrogens (tertiary/aromatic N) is 2. The van der Waals surface area contributed by atoms with Crippen molar-refractivity contribution in [1.82, 2.24) is 9.55 Å². The van der Waals surface area contributed by atoms with Crippen LogP contribution in [0.15, 0.2) is 139 Å². The van der Waals surface area contributed by atoms with Crippen LogP contribution in [0.5, 0.6) is 0 Å². The molecule has 0 aliphatic heterocycles. The van der Waals surface area contributed by atoms with Crippen LogP contribution in [0.3, 0.4) is 0 Å². The molecule has 0 unspecified atom stereocenters. The molecule has 1 aliphatic rings. The van der Waals surface area contributed by atoms with Gasteiger partial charge in [-0.1, -0.05) is 136 Å². The molecule has 0 radical (unpaired) electrons. The van der Waals surface area contributed by atoms with Crippen LogP contribution in [0.25, 0.3) is 71.6 Å². The van der Waals surface area contributed by atoms with Crippen LogP contribution in [-0.4, -0.2) is 9.55 Å². The lowest BCUT2D eigenvalue weighted by atomic mass is 9.80. The summed E-state index contributed by atoms with van der Waals surface area (Å²) < 4.78 is 170. The number of fused-ring (bicyclic) bond motifs is 6. The molecule has 0 N–H and O–H groups in total. The highest BCUT2D eigenvalue weighted by molar-refractivity contribution is 6.22. The monoisotopic (exact) mass is 609 g/mol. The van der Waals surface area contributed by atoms with Crippen molar-refractivity contribution in [3.8, 4) is 39.1 Å². The molecule has 0 bridgehead atoms. The number of para-hydroxylation sites is 3. The molecule has 2 heteroatoms. The fourth-order valence-corrected chi connectivity index (χ4v) is 6.85. The van der Waals surface area contributed by atoms with Crippen molar-refractivity contribution < 1.29 is 26.0 Å². The highest BCUT2D eigenvalue weighted by Crippen LogP contribution is 2.51. The maximum absolute atomic E-state index is 9.52. The van der Waals surface area contributed by atoms with Crippen LogP contribution in [0.4, 0.5) is 0 Å². The zero-order chi connectivity index (χ0) is 47.2. The molecule has 0 spiro atoms. The van der Waals surface area contributed by atoms with Crippen molar-refractivity contribution in [2.45, 2.75) is 32.3 Å². The molecule has 0 saturated carbocycles. The van der Waals surface area contributed by atoms with E-state index in [1.54, 1.807) is 48.5 Å². The molecule has 8 aromatic rings. The van der Waals surface area contributed by atoms with Gasteiger partial charge in [0.25, 0.3) is 0 Å². The Balaban J connectivity index is 1.52. The minimum absolute atomic E-state index is 0.00640. The van der Waals surface area contributed by atoms with Gasteiger partial charge in [-0.3, -0.25) is 4.57 Å². The van der Waals surface area contributed by atoms with Gasteiger partial charge < -0.3 is 0 Å². The van der Waals surface area contributed by atoms with Gasteiger partial charge in [-0.25, -0.2) is 4.98 Å². The Hall–Kier alpha value is -5.47. The summed E-state index contributed by atoms with van der Waals surface area (Å²) in [7, 11) is 0. The molecule has 0 atom stereocenters. The van der Waals surface area contributed by atoms with E-state index in [2.05, 4.69) is 4.98 Å². The number of benzene rings is 7. The summed E-state index contributed by atoms with van der Waals surface area (Å²) in [5.41, 5.74) is -1.84. The minimum Gasteiger partial charge on any atom is -0.296 e. The van der Waals surface area contributed by atoms with Gasteiger partial charge in [0.1, 0.15) is 5.82 Å². The molecule has 0 amide bonds. The second-order valence-electron chi connectivity index (χ2n) is 11.2. The summed E-state index contributed by atoms with van der Waals surface area (Å²) in [6.45, 7) is -9.61. The van der Waals surface area contributed by atoms with Crippen LogP contribution in [0.1, 0.15) is 63.6 Å². The Bertz CT molecular complexity index is 3260. The van der Waals surface area contributed by atoms with Crippen molar-refractivity contribution >= 4 is 32.6 Å². The number of imidazole rings is 1. The van der Waals surface area contributed by atoms with Gasteiger partial charge in [0.05, 0.1) is 27.7 Å². The van der Waals surface area contributed by atoms with Crippen molar-refractivity contribution in [2.24, 2.45) is 0 Å². The quantitative estimate of drug-likeness (QED) is 0.182.